The highest BCUT2D eigenvalue weighted by Gasteiger charge is 2.50. The number of aromatic nitrogens is 3. The summed E-state index contributed by atoms with van der Waals surface area (Å²) in [5.41, 5.74) is -4.10. The van der Waals surface area contributed by atoms with Gasteiger partial charge in [-0.2, -0.15) is 40.2 Å². The first-order chi connectivity index (χ1) is 19.8. The van der Waals surface area contributed by atoms with Gasteiger partial charge in [-0.05, 0) is 68.5 Å². The molecule has 0 radical (unpaired) electrons. The summed E-state index contributed by atoms with van der Waals surface area (Å²) in [6, 6.07) is 1.91. The van der Waals surface area contributed by atoms with E-state index in [1.807, 2.05) is 0 Å². The molecule has 0 bridgehead atoms. The second kappa shape index (κ2) is 11.7. The number of amides is 2. The smallest absolute Gasteiger partial charge is 0.346 e. The largest absolute Gasteiger partial charge is 0.471 e. The maximum Gasteiger partial charge on any atom is 0.471 e. The normalized spacial score (nSPS) is 15.3. The van der Waals surface area contributed by atoms with E-state index in [1.165, 1.54) is 0 Å². The summed E-state index contributed by atoms with van der Waals surface area (Å²) in [5, 5.41) is 7.12. The molecule has 0 aliphatic heterocycles. The number of benzene rings is 1. The lowest BCUT2D eigenvalue weighted by molar-refractivity contribution is -0.167. The zero-order valence-electron chi connectivity index (χ0n) is 20.9. The van der Waals surface area contributed by atoms with E-state index < -0.39 is 96.2 Å². The molecule has 2 heterocycles. The minimum atomic E-state index is -5.25. The lowest BCUT2D eigenvalue weighted by Gasteiger charge is -2.22. The van der Waals surface area contributed by atoms with Gasteiger partial charge in [0.15, 0.2) is 5.69 Å². The lowest BCUT2D eigenvalue weighted by Crippen LogP contribution is -2.35. The van der Waals surface area contributed by atoms with Gasteiger partial charge in [0, 0.05) is 22.5 Å². The highest BCUT2D eigenvalue weighted by molar-refractivity contribution is 9.11. The van der Waals surface area contributed by atoms with Crippen LogP contribution >= 0.6 is 31.9 Å². The maximum atomic E-state index is 14.5. The van der Waals surface area contributed by atoms with Crippen LogP contribution in [0, 0.1) is 11.6 Å². The number of anilines is 1. The number of fused-ring (bicyclic) bond motifs is 1. The van der Waals surface area contributed by atoms with Crippen LogP contribution in [-0.4, -0.2) is 32.8 Å². The van der Waals surface area contributed by atoms with Gasteiger partial charge < -0.3 is 10.6 Å². The molecule has 7 nitrogen and oxygen atoms in total. The quantitative estimate of drug-likeness (QED) is 0.207. The Morgan fingerprint density at radius 2 is 1.65 bits per heavy atom. The molecule has 2 N–H and O–H groups in total. The van der Waals surface area contributed by atoms with Gasteiger partial charge >= 0.3 is 18.3 Å². The van der Waals surface area contributed by atoms with Gasteiger partial charge in [-0.1, -0.05) is 0 Å². The van der Waals surface area contributed by atoms with Crippen LogP contribution in [0.5, 0.6) is 0 Å². The van der Waals surface area contributed by atoms with Crippen molar-refractivity contribution in [2.45, 2.75) is 50.1 Å². The van der Waals surface area contributed by atoms with Crippen molar-refractivity contribution in [1.29, 1.82) is 0 Å². The lowest BCUT2D eigenvalue weighted by atomic mass is 10.0. The molecule has 2 aromatic heterocycles. The van der Waals surface area contributed by atoms with Gasteiger partial charge in [-0.3, -0.25) is 14.3 Å². The van der Waals surface area contributed by atoms with E-state index in [2.05, 4.69) is 47.3 Å². The highest BCUT2D eigenvalue weighted by Crippen LogP contribution is 2.46. The van der Waals surface area contributed by atoms with Gasteiger partial charge in [-0.15, -0.1) is 0 Å². The summed E-state index contributed by atoms with van der Waals surface area (Å²) in [7, 11) is 0. The van der Waals surface area contributed by atoms with Crippen molar-refractivity contribution in [2.24, 2.45) is 0 Å². The second-order valence-electron chi connectivity index (χ2n) is 9.28. The number of nitrogens with one attached hydrogen (secondary N) is 2. The summed E-state index contributed by atoms with van der Waals surface area (Å²) >= 11 is 5.94. The van der Waals surface area contributed by atoms with E-state index in [0.717, 1.165) is 18.2 Å². The molecule has 1 aromatic carbocycles. The van der Waals surface area contributed by atoms with Gasteiger partial charge in [0.1, 0.15) is 28.5 Å². The molecule has 1 aliphatic rings. The first-order valence-electron chi connectivity index (χ1n) is 11.8. The molecule has 43 heavy (non-hydrogen) atoms. The Morgan fingerprint density at radius 1 is 1.02 bits per heavy atom. The van der Waals surface area contributed by atoms with Crippen LogP contribution in [0.15, 0.2) is 33.3 Å². The van der Waals surface area contributed by atoms with E-state index in [4.69, 9.17) is 0 Å². The molecule has 0 spiro atoms. The summed E-state index contributed by atoms with van der Waals surface area (Å²) < 4.78 is 135. The van der Waals surface area contributed by atoms with Crippen LogP contribution < -0.4 is 10.6 Å². The fourth-order valence-electron chi connectivity index (χ4n) is 4.45. The maximum absolute atomic E-state index is 14.5. The number of carbonyl (C=O) groups excluding carboxylic acids is 2. The van der Waals surface area contributed by atoms with Crippen LogP contribution in [0.2, 0.25) is 0 Å². The number of nitrogens with zero attached hydrogens (tertiary/aromatic N) is 3. The molecule has 0 saturated heterocycles. The average molecular weight is 755 g/mol. The highest BCUT2D eigenvalue weighted by atomic mass is 79.9. The van der Waals surface area contributed by atoms with Crippen molar-refractivity contribution < 1.29 is 53.5 Å². The molecule has 1 aliphatic carbocycles. The summed E-state index contributed by atoms with van der Waals surface area (Å²) in [5.74, 6) is -9.23. The van der Waals surface area contributed by atoms with Crippen LogP contribution in [0.1, 0.15) is 40.7 Å². The molecule has 1 unspecified atom stereocenters. The molecule has 0 saturated carbocycles. The van der Waals surface area contributed by atoms with Crippen LogP contribution in [0.3, 0.4) is 0 Å². The van der Waals surface area contributed by atoms with Crippen LogP contribution in [0.4, 0.5) is 49.6 Å². The van der Waals surface area contributed by atoms with Crippen molar-refractivity contribution in [1.82, 2.24) is 20.1 Å². The predicted molar refractivity (Wildman–Crippen MR) is 135 cm³/mol. The van der Waals surface area contributed by atoms with Gasteiger partial charge in [0.25, 0.3) is 5.92 Å². The van der Waals surface area contributed by atoms with Gasteiger partial charge in [0.05, 0.1) is 17.4 Å². The molecule has 3 aromatic rings. The Hall–Kier alpha value is -3.22. The number of pyridine rings is 1. The number of hydrogen-bond acceptors (Lipinski definition) is 4. The molecular weight excluding hydrogens is 740 g/mol. The first kappa shape index (κ1) is 32.7. The van der Waals surface area contributed by atoms with Crippen molar-refractivity contribution in [3.63, 3.8) is 0 Å². The van der Waals surface area contributed by atoms with Crippen molar-refractivity contribution in [3.8, 4) is 0 Å². The van der Waals surface area contributed by atoms with Crippen molar-refractivity contribution >= 4 is 49.4 Å². The standard InChI is InChI=1S/C24H15Br2F10N5O2/c25-13-7-15(38-21(43)24(34,35)36)20(26)39-17(13)14(5-9-3-10(27)6-11(28)4-9)37-16(42)8-41-19-12(1-2-22(19,29)30)18(40-41)23(31,32)33/h3-4,6-7,14H,1-2,5,8H2,(H,37,42)(H,38,43). The Bertz CT molecular complexity index is 1570. The average Bonchev–Trinajstić information content (AvgIpc) is 3.37. The van der Waals surface area contributed by atoms with E-state index in [0.29, 0.717) is 6.07 Å². The number of alkyl halides is 8. The molecule has 1 atom stereocenters. The fraction of sp³-hybridized carbons (Fsp3) is 0.333. The minimum absolute atomic E-state index is 0.0621. The van der Waals surface area contributed by atoms with E-state index in [1.54, 1.807) is 5.32 Å². The Morgan fingerprint density at radius 3 is 2.23 bits per heavy atom. The van der Waals surface area contributed by atoms with Gasteiger partial charge in [-0.25, -0.2) is 13.8 Å². The Balaban J connectivity index is 1.69. The number of hydrogen-bond donors (Lipinski definition) is 2. The molecule has 0 fully saturated rings. The van der Waals surface area contributed by atoms with E-state index in [9.17, 15) is 53.5 Å². The first-order valence-corrected chi connectivity index (χ1v) is 13.4. The number of carbonyl (C=O) groups is 2. The predicted octanol–water partition coefficient (Wildman–Crippen LogP) is 6.74. The van der Waals surface area contributed by atoms with Crippen molar-refractivity contribution in [2.75, 3.05) is 5.32 Å². The topological polar surface area (TPSA) is 88.9 Å². The zero-order valence-corrected chi connectivity index (χ0v) is 24.1. The fourth-order valence-corrected chi connectivity index (χ4v) is 5.45. The second-order valence-corrected chi connectivity index (χ2v) is 10.9. The SMILES string of the molecule is O=C(Cn1nc(C(F)(F)F)c2c1C(F)(F)CC2)NC(Cc1cc(F)cc(F)c1)c1nc(Br)c(NC(=O)C(F)(F)F)cc1Br. The summed E-state index contributed by atoms with van der Waals surface area (Å²) in [4.78, 5) is 28.4. The minimum Gasteiger partial charge on any atom is -0.346 e. The molecular formula is C24H15Br2F10N5O2. The van der Waals surface area contributed by atoms with Crippen molar-refractivity contribution in [3.05, 3.63) is 73.2 Å². The zero-order chi connectivity index (χ0) is 32.1. The molecule has 2 amide bonds. The molecule has 232 valence electrons. The molecule has 4 rings (SSSR count). The third kappa shape index (κ3) is 7.30. The van der Waals surface area contributed by atoms with E-state index in [-0.39, 0.29) is 25.0 Å². The Labute approximate surface area is 251 Å². The third-order valence-corrected chi connectivity index (χ3v) is 7.38. The Kier molecular flexibility index (Phi) is 8.89. The van der Waals surface area contributed by atoms with Crippen LogP contribution in [0.25, 0.3) is 0 Å². The van der Waals surface area contributed by atoms with Crippen LogP contribution in [-0.2, 0) is 41.1 Å². The molecule has 19 heteroatoms. The monoisotopic (exact) mass is 753 g/mol. The third-order valence-electron chi connectivity index (χ3n) is 6.14. The number of halogens is 12. The number of rotatable bonds is 7. The van der Waals surface area contributed by atoms with Gasteiger partial charge in [0.2, 0.25) is 5.91 Å². The summed E-state index contributed by atoms with van der Waals surface area (Å²) in [6.45, 7) is -1.12. The van der Waals surface area contributed by atoms with E-state index >= 15 is 0 Å². The summed E-state index contributed by atoms with van der Waals surface area (Å²) in [6.07, 6.45) is -12.3.